The average Bonchev–Trinajstić information content (AvgIpc) is 3.18. The lowest BCUT2D eigenvalue weighted by Gasteiger charge is -2.25. The van der Waals surface area contributed by atoms with E-state index in [0.717, 1.165) is 26.9 Å². The van der Waals surface area contributed by atoms with Crippen molar-refractivity contribution in [1.82, 2.24) is 9.99 Å². The van der Waals surface area contributed by atoms with Gasteiger partial charge in [0, 0.05) is 27.0 Å². The van der Waals surface area contributed by atoms with Crippen molar-refractivity contribution < 1.29 is 13.2 Å². The summed E-state index contributed by atoms with van der Waals surface area (Å²) in [5.74, 6) is -0.628. The average molecular weight is 604 g/mol. The number of hydrogen-bond acceptors (Lipinski definition) is 4. The minimum absolute atomic E-state index is 0.0489. The lowest BCUT2D eigenvalue weighted by Crippen LogP contribution is -2.40. The molecule has 4 rings (SSSR count). The maximum absolute atomic E-state index is 13.5. The van der Waals surface area contributed by atoms with E-state index in [1.54, 1.807) is 55.5 Å². The van der Waals surface area contributed by atoms with Crippen LogP contribution in [0.5, 0.6) is 0 Å². The third kappa shape index (κ3) is 6.31. The number of halogens is 3. The van der Waals surface area contributed by atoms with Crippen LogP contribution in [0, 0.1) is 20.8 Å². The van der Waals surface area contributed by atoms with Crippen LogP contribution >= 0.6 is 34.8 Å². The molecule has 39 heavy (non-hydrogen) atoms. The molecule has 1 amide bonds. The van der Waals surface area contributed by atoms with Gasteiger partial charge in [-0.25, -0.2) is 13.8 Å². The molecule has 0 aliphatic heterocycles. The molecule has 0 unspecified atom stereocenters. The van der Waals surface area contributed by atoms with Gasteiger partial charge in [-0.15, -0.1) is 0 Å². The number of nitrogens with zero attached hydrogens (tertiary/aromatic N) is 3. The molecule has 11 heteroatoms. The van der Waals surface area contributed by atoms with E-state index in [1.165, 1.54) is 24.4 Å². The Hall–Kier alpha value is -3.30. The Bertz CT molecular complexity index is 1670. The first-order chi connectivity index (χ1) is 18.5. The molecule has 4 aromatic rings. The topological polar surface area (TPSA) is 83.8 Å². The van der Waals surface area contributed by atoms with Gasteiger partial charge in [0.25, 0.3) is 15.9 Å². The van der Waals surface area contributed by atoms with Gasteiger partial charge in [0.2, 0.25) is 0 Å². The largest absolute Gasteiger partial charge is 0.316 e. The molecular weight excluding hydrogens is 579 g/mol. The SMILES string of the molecule is Cc1ccc(Cl)cc1N(CC(=O)N/N=C\c1cc(C)n(-c2cc(Cl)ccc2Cl)c1C)S(=O)(=O)c1ccccc1. The molecule has 1 aromatic heterocycles. The van der Waals surface area contributed by atoms with E-state index in [2.05, 4.69) is 10.5 Å². The number of amides is 1. The highest BCUT2D eigenvalue weighted by Gasteiger charge is 2.28. The van der Waals surface area contributed by atoms with Crippen molar-refractivity contribution in [2.75, 3.05) is 10.8 Å². The third-order valence-electron chi connectivity index (χ3n) is 6.07. The van der Waals surface area contributed by atoms with Crippen LogP contribution < -0.4 is 9.73 Å². The van der Waals surface area contributed by atoms with E-state index in [4.69, 9.17) is 34.8 Å². The number of sulfonamides is 1. The maximum Gasteiger partial charge on any atom is 0.264 e. The number of carbonyl (C=O) groups excluding carboxylic acids is 1. The lowest BCUT2D eigenvalue weighted by atomic mass is 10.2. The molecule has 0 radical (unpaired) electrons. The van der Waals surface area contributed by atoms with Crippen molar-refractivity contribution in [3.8, 4) is 5.69 Å². The number of benzene rings is 3. The Kier molecular flexibility index (Phi) is 8.71. The van der Waals surface area contributed by atoms with E-state index in [0.29, 0.717) is 26.3 Å². The fourth-order valence-corrected chi connectivity index (χ4v) is 6.19. The summed E-state index contributed by atoms with van der Waals surface area (Å²) < 4.78 is 30.0. The molecular formula is C28H25Cl3N4O3S. The maximum atomic E-state index is 13.5. The molecule has 7 nitrogen and oxygen atoms in total. The standard InChI is InChI=1S/C28H25Cl3N4O3S/c1-18-9-10-22(29)14-26(18)34(39(37,38)24-7-5-4-6-8-24)17-28(36)33-32-16-21-13-19(2)35(20(21)3)27-15-23(30)11-12-25(27)31/h4-16H,17H2,1-3H3,(H,33,36)/b32-16-. The second kappa shape index (κ2) is 11.8. The molecule has 3 aromatic carbocycles. The van der Waals surface area contributed by atoms with Crippen LogP contribution in [-0.2, 0) is 14.8 Å². The first-order valence-corrected chi connectivity index (χ1v) is 14.4. The van der Waals surface area contributed by atoms with Crippen LogP contribution in [-0.4, -0.2) is 31.7 Å². The van der Waals surface area contributed by atoms with Crippen LogP contribution in [0.25, 0.3) is 5.69 Å². The van der Waals surface area contributed by atoms with E-state index < -0.39 is 22.5 Å². The lowest BCUT2D eigenvalue weighted by molar-refractivity contribution is -0.119. The van der Waals surface area contributed by atoms with E-state index >= 15 is 0 Å². The molecule has 0 aliphatic carbocycles. The minimum atomic E-state index is -4.08. The molecule has 202 valence electrons. The van der Waals surface area contributed by atoms with Crippen LogP contribution in [0.4, 0.5) is 5.69 Å². The van der Waals surface area contributed by atoms with Crippen molar-refractivity contribution in [2.24, 2.45) is 5.10 Å². The molecule has 0 atom stereocenters. The Morgan fingerprint density at radius 2 is 1.62 bits per heavy atom. The van der Waals surface area contributed by atoms with E-state index in [9.17, 15) is 13.2 Å². The van der Waals surface area contributed by atoms with Gasteiger partial charge in [-0.1, -0.05) is 59.1 Å². The molecule has 0 bridgehead atoms. The van der Waals surface area contributed by atoms with Gasteiger partial charge in [-0.3, -0.25) is 9.10 Å². The predicted octanol–water partition coefficient (Wildman–Crippen LogP) is 6.71. The van der Waals surface area contributed by atoms with Crippen molar-refractivity contribution in [3.63, 3.8) is 0 Å². The zero-order chi connectivity index (χ0) is 28.3. The monoisotopic (exact) mass is 602 g/mol. The first kappa shape index (κ1) is 28.7. The zero-order valence-corrected chi connectivity index (χ0v) is 24.4. The number of aromatic nitrogens is 1. The molecule has 0 fully saturated rings. The number of hydrazone groups is 1. The first-order valence-electron chi connectivity index (χ1n) is 11.8. The number of hydrogen-bond donors (Lipinski definition) is 1. The molecule has 1 heterocycles. The highest BCUT2D eigenvalue weighted by Crippen LogP contribution is 2.30. The summed E-state index contributed by atoms with van der Waals surface area (Å²) >= 11 is 18.7. The normalized spacial score (nSPS) is 11.6. The van der Waals surface area contributed by atoms with E-state index in [1.807, 2.05) is 24.5 Å². The highest BCUT2D eigenvalue weighted by atomic mass is 35.5. The van der Waals surface area contributed by atoms with Crippen molar-refractivity contribution >= 4 is 62.6 Å². The van der Waals surface area contributed by atoms with Gasteiger partial charge in [0.05, 0.1) is 27.5 Å². The molecule has 0 spiro atoms. The second-order valence-electron chi connectivity index (χ2n) is 8.81. The number of anilines is 1. The summed E-state index contributed by atoms with van der Waals surface area (Å²) in [4.78, 5) is 13.0. The quantitative estimate of drug-likeness (QED) is 0.180. The number of aryl methyl sites for hydroxylation is 2. The minimum Gasteiger partial charge on any atom is -0.316 e. The number of nitrogens with one attached hydrogen (secondary N) is 1. The fraction of sp³-hybridized carbons (Fsp3) is 0.143. The highest BCUT2D eigenvalue weighted by molar-refractivity contribution is 7.92. The van der Waals surface area contributed by atoms with Crippen LogP contribution in [0.3, 0.4) is 0 Å². The molecule has 0 saturated heterocycles. The van der Waals surface area contributed by atoms with Crippen LogP contribution in [0.2, 0.25) is 15.1 Å². The smallest absolute Gasteiger partial charge is 0.264 e. The van der Waals surface area contributed by atoms with Gasteiger partial charge in [-0.2, -0.15) is 5.10 Å². The van der Waals surface area contributed by atoms with Crippen molar-refractivity contribution in [2.45, 2.75) is 25.7 Å². The Labute approximate surface area is 242 Å². The Balaban J connectivity index is 1.59. The van der Waals surface area contributed by atoms with Crippen molar-refractivity contribution in [3.05, 3.63) is 110 Å². The van der Waals surface area contributed by atoms with Gasteiger partial charge < -0.3 is 4.57 Å². The summed E-state index contributed by atoms with van der Waals surface area (Å²) in [5, 5.41) is 5.52. The summed E-state index contributed by atoms with van der Waals surface area (Å²) in [6, 6.07) is 19.9. The van der Waals surface area contributed by atoms with Gasteiger partial charge in [0.1, 0.15) is 6.54 Å². The van der Waals surface area contributed by atoms with Gasteiger partial charge >= 0.3 is 0 Å². The van der Waals surface area contributed by atoms with Crippen molar-refractivity contribution in [1.29, 1.82) is 0 Å². The zero-order valence-electron chi connectivity index (χ0n) is 21.3. The molecule has 1 N–H and O–H groups in total. The Morgan fingerprint density at radius 3 is 2.33 bits per heavy atom. The van der Waals surface area contributed by atoms with E-state index in [-0.39, 0.29) is 4.90 Å². The summed E-state index contributed by atoms with van der Waals surface area (Å²) in [7, 11) is -4.08. The molecule has 0 aliphatic rings. The van der Waals surface area contributed by atoms with Crippen LogP contribution in [0.15, 0.2) is 82.8 Å². The van der Waals surface area contributed by atoms with Gasteiger partial charge in [0.15, 0.2) is 0 Å². The third-order valence-corrected chi connectivity index (χ3v) is 8.63. The summed E-state index contributed by atoms with van der Waals surface area (Å²) in [6.07, 6.45) is 1.50. The summed E-state index contributed by atoms with van der Waals surface area (Å²) in [5.41, 5.74) is 6.56. The van der Waals surface area contributed by atoms with Crippen LogP contribution in [0.1, 0.15) is 22.5 Å². The predicted molar refractivity (Wildman–Crippen MR) is 158 cm³/mol. The number of carbonyl (C=O) groups is 1. The second-order valence-corrected chi connectivity index (χ2v) is 11.9. The fourth-order valence-electron chi connectivity index (χ4n) is 4.16. The number of rotatable bonds is 8. The van der Waals surface area contributed by atoms with Gasteiger partial charge in [-0.05, 0) is 74.9 Å². The molecule has 0 saturated carbocycles. The summed E-state index contributed by atoms with van der Waals surface area (Å²) in [6.45, 7) is 5.05. The Morgan fingerprint density at radius 1 is 0.949 bits per heavy atom.